The van der Waals surface area contributed by atoms with Crippen molar-refractivity contribution in [2.24, 2.45) is 4.99 Å². The molecular formula is C20H22N2O3. The van der Waals surface area contributed by atoms with Crippen molar-refractivity contribution in [1.82, 2.24) is 0 Å². The number of benzene rings is 2. The molecule has 1 saturated heterocycles. The predicted octanol–water partition coefficient (Wildman–Crippen LogP) is 4.06. The van der Waals surface area contributed by atoms with Crippen LogP contribution in [0.2, 0.25) is 0 Å². The van der Waals surface area contributed by atoms with Gasteiger partial charge in [-0.15, -0.1) is 0 Å². The van der Waals surface area contributed by atoms with Gasteiger partial charge in [-0.25, -0.2) is 0 Å². The lowest BCUT2D eigenvalue weighted by Crippen LogP contribution is -2.23. The summed E-state index contributed by atoms with van der Waals surface area (Å²) in [6.07, 6.45) is 4.07. The number of phenols is 1. The van der Waals surface area contributed by atoms with Gasteiger partial charge in [-0.1, -0.05) is 6.92 Å². The fourth-order valence-electron chi connectivity index (χ4n) is 2.73. The van der Waals surface area contributed by atoms with Gasteiger partial charge < -0.3 is 14.7 Å². The topological polar surface area (TPSA) is 62.1 Å². The number of anilines is 1. The number of hydrogen-bond donors (Lipinski definition) is 1. The average Bonchev–Trinajstić information content (AvgIpc) is 3.05. The van der Waals surface area contributed by atoms with Crippen LogP contribution in [0.15, 0.2) is 47.5 Å². The molecule has 25 heavy (non-hydrogen) atoms. The van der Waals surface area contributed by atoms with Crippen LogP contribution >= 0.6 is 0 Å². The van der Waals surface area contributed by atoms with Crippen LogP contribution in [0.5, 0.6) is 11.5 Å². The molecule has 130 valence electrons. The standard InChI is InChI=1S/C20H22N2O3/c1-2-12-25-18-10-5-15(19(23)13-18)14-21-16-6-8-17(9-7-16)22-11-3-4-20(22)24/h5-10,13-14,23H,2-4,11-12H2,1H3. The summed E-state index contributed by atoms with van der Waals surface area (Å²) >= 11 is 0. The van der Waals surface area contributed by atoms with E-state index in [2.05, 4.69) is 4.99 Å². The lowest BCUT2D eigenvalue weighted by molar-refractivity contribution is -0.117. The quantitative estimate of drug-likeness (QED) is 0.808. The van der Waals surface area contributed by atoms with Gasteiger partial charge in [0, 0.05) is 36.5 Å². The Bertz CT molecular complexity index is 769. The zero-order chi connectivity index (χ0) is 17.6. The number of carbonyl (C=O) groups is 1. The molecule has 1 aliphatic heterocycles. The number of carbonyl (C=O) groups excluding carboxylic acids is 1. The fourth-order valence-corrected chi connectivity index (χ4v) is 2.73. The highest BCUT2D eigenvalue weighted by Gasteiger charge is 2.21. The lowest BCUT2D eigenvalue weighted by atomic mass is 10.2. The van der Waals surface area contributed by atoms with Crippen LogP contribution in [0.4, 0.5) is 11.4 Å². The minimum atomic E-state index is 0.136. The summed E-state index contributed by atoms with van der Waals surface area (Å²) in [5.74, 6) is 0.958. The number of hydrogen-bond acceptors (Lipinski definition) is 4. The Hall–Kier alpha value is -2.82. The van der Waals surface area contributed by atoms with E-state index in [-0.39, 0.29) is 11.7 Å². The van der Waals surface area contributed by atoms with Gasteiger partial charge >= 0.3 is 0 Å². The molecule has 0 aromatic heterocycles. The van der Waals surface area contributed by atoms with Crippen LogP contribution in [0, 0.1) is 0 Å². The van der Waals surface area contributed by atoms with Gasteiger partial charge in [0.25, 0.3) is 0 Å². The molecule has 3 rings (SSSR count). The molecule has 2 aromatic rings. The van der Waals surface area contributed by atoms with E-state index in [0.717, 1.165) is 30.8 Å². The molecule has 1 N–H and O–H groups in total. The number of amides is 1. The first-order valence-corrected chi connectivity index (χ1v) is 8.57. The number of aromatic hydroxyl groups is 1. The van der Waals surface area contributed by atoms with Gasteiger partial charge in [0.2, 0.25) is 5.91 Å². The normalized spacial score (nSPS) is 14.4. The Kier molecular flexibility index (Phi) is 5.33. The third-order valence-corrected chi connectivity index (χ3v) is 4.06. The smallest absolute Gasteiger partial charge is 0.227 e. The van der Waals surface area contributed by atoms with Gasteiger partial charge in [0.05, 0.1) is 12.3 Å². The Labute approximate surface area is 147 Å². The van der Waals surface area contributed by atoms with E-state index in [1.165, 1.54) is 0 Å². The van der Waals surface area contributed by atoms with Gasteiger partial charge in [-0.3, -0.25) is 9.79 Å². The van der Waals surface area contributed by atoms with E-state index in [9.17, 15) is 9.90 Å². The molecule has 0 aliphatic carbocycles. The van der Waals surface area contributed by atoms with Crippen molar-refractivity contribution < 1.29 is 14.6 Å². The Balaban J connectivity index is 1.68. The highest BCUT2D eigenvalue weighted by Crippen LogP contribution is 2.25. The molecule has 5 nitrogen and oxygen atoms in total. The summed E-state index contributed by atoms with van der Waals surface area (Å²) in [6, 6.07) is 12.7. The van der Waals surface area contributed by atoms with E-state index in [1.54, 1.807) is 23.2 Å². The summed E-state index contributed by atoms with van der Waals surface area (Å²) in [7, 11) is 0. The van der Waals surface area contributed by atoms with Crippen LogP contribution in [0.3, 0.4) is 0 Å². The maximum atomic E-state index is 11.8. The molecule has 0 radical (unpaired) electrons. The summed E-state index contributed by atoms with van der Waals surface area (Å²) in [5, 5.41) is 10.1. The Morgan fingerprint density at radius 3 is 2.68 bits per heavy atom. The number of ether oxygens (including phenoxy) is 1. The Morgan fingerprint density at radius 2 is 2.04 bits per heavy atom. The Morgan fingerprint density at radius 1 is 1.24 bits per heavy atom. The first kappa shape index (κ1) is 17.0. The van der Waals surface area contributed by atoms with Crippen LogP contribution in [0.25, 0.3) is 0 Å². The molecule has 2 aromatic carbocycles. The van der Waals surface area contributed by atoms with Crippen molar-refractivity contribution in [2.75, 3.05) is 18.1 Å². The third kappa shape index (κ3) is 4.18. The van der Waals surface area contributed by atoms with E-state index in [1.807, 2.05) is 37.3 Å². The van der Waals surface area contributed by atoms with Gasteiger partial charge in [-0.2, -0.15) is 0 Å². The molecule has 1 fully saturated rings. The van der Waals surface area contributed by atoms with Gasteiger partial charge in [0.1, 0.15) is 11.5 Å². The second kappa shape index (κ2) is 7.83. The van der Waals surface area contributed by atoms with Crippen molar-refractivity contribution >= 4 is 23.5 Å². The zero-order valence-corrected chi connectivity index (χ0v) is 14.3. The second-order valence-electron chi connectivity index (χ2n) is 5.99. The number of nitrogens with zero attached hydrogens (tertiary/aromatic N) is 2. The maximum Gasteiger partial charge on any atom is 0.227 e. The monoisotopic (exact) mass is 338 g/mol. The predicted molar refractivity (Wildman–Crippen MR) is 99.2 cm³/mol. The van der Waals surface area contributed by atoms with E-state index < -0.39 is 0 Å². The molecule has 5 heteroatoms. The first-order valence-electron chi connectivity index (χ1n) is 8.57. The fraction of sp³-hybridized carbons (Fsp3) is 0.300. The van der Waals surface area contributed by atoms with Crippen LogP contribution in [-0.2, 0) is 4.79 Å². The van der Waals surface area contributed by atoms with E-state index >= 15 is 0 Å². The molecular weight excluding hydrogens is 316 g/mol. The minimum absolute atomic E-state index is 0.136. The molecule has 0 bridgehead atoms. The highest BCUT2D eigenvalue weighted by molar-refractivity contribution is 5.95. The summed E-state index contributed by atoms with van der Waals surface area (Å²) in [5.41, 5.74) is 2.30. The molecule has 0 unspecified atom stereocenters. The molecule has 0 atom stereocenters. The first-order chi connectivity index (χ1) is 12.2. The summed E-state index contributed by atoms with van der Waals surface area (Å²) in [6.45, 7) is 3.44. The molecule has 1 amide bonds. The molecule has 0 saturated carbocycles. The van der Waals surface area contributed by atoms with Crippen molar-refractivity contribution in [3.8, 4) is 11.5 Å². The zero-order valence-electron chi connectivity index (χ0n) is 14.3. The SMILES string of the molecule is CCCOc1ccc(C=Nc2ccc(N3CCCC3=O)cc2)c(O)c1. The summed E-state index contributed by atoms with van der Waals surface area (Å²) in [4.78, 5) is 17.9. The molecule has 1 aliphatic rings. The van der Waals surface area contributed by atoms with Crippen LogP contribution in [-0.4, -0.2) is 30.4 Å². The maximum absolute atomic E-state index is 11.8. The third-order valence-electron chi connectivity index (χ3n) is 4.06. The second-order valence-corrected chi connectivity index (χ2v) is 5.99. The molecule has 1 heterocycles. The lowest BCUT2D eigenvalue weighted by Gasteiger charge is -2.15. The largest absolute Gasteiger partial charge is 0.507 e. The van der Waals surface area contributed by atoms with E-state index in [0.29, 0.717) is 24.3 Å². The van der Waals surface area contributed by atoms with Crippen molar-refractivity contribution in [3.05, 3.63) is 48.0 Å². The number of aliphatic imine (C=N–C) groups is 1. The number of rotatable bonds is 6. The van der Waals surface area contributed by atoms with Crippen molar-refractivity contribution in [1.29, 1.82) is 0 Å². The minimum Gasteiger partial charge on any atom is -0.507 e. The average molecular weight is 338 g/mol. The highest BCUT2D eigenvalue weighted by atomic mass is 16.5. The van der Waals surface area contributed by atoms with Crippen LogP contribution in [0.1, 0.15) is 31.7 Å². The summed E-state index contributed by atoms with van der Waals surface area (Å²) < 4.78 is 5.49. The van der Waals surface area contributed by atoms with Crippen molar-refractivity contribution in [3.63, 3.8) is 0 Å². The van der Waals surface area contributed by atoms with Crippen LogP contribution < -0.4 is 9.64 Å². The van der Waals surface area contributed by atoms with Crippen molar-refractivity contribution in [2.45, 2.75) is 26.2 Å². The molecule has 0 spiro atoms. The van der Waals surface area contributed by atoms with Gasteiger partial charge in [-0.05, 0) is 49.2 Å². The number of phenolic OH excluding ortho intramolecular Hbond substituents is 1. The van der Waals surface area contributed by atoms with Gasteiger partial charge in [0.15, 0.2) is 0 Å². The van der Waals surface area contributed by atoms with E-state index in [4.69, 9.17) is 4.74 Å².